The number of rotatable bonds is 0. The Morgan fingerprint density at radius 2 is 0.300 bits per heavy atom. The van der Waals surface area contributed by atoms with E-state index in [0.29, 0.717) is 0 Å². The monoisotopic (exact) mass is 420 g/mol. The van der Waals surface area contributed by atoms with Crippen LogP contribution in [-0.4, -0.2) is 0 Å². The van der Waals surface area contributed by atoms with E-state index in [1.54, 1.807) is 0 Å². The predicted molar refractivity (Wildman–Crippen MR) is 138 cm³/mol. The summed E-state index contributed by atoms with van der Waals surface area (Å²) in [6.45, 7) is 51.3. The summed E-state index contributed by atoms with van der Waals surface area (Å²) >= 11 is 0. The van der Waals surface area contributed by atoms with Crippen molar-refractivity contribution in [2.75, 3.05) is 0 Å². The second-order valence-electron chi connectivity index (χ2n) is 16.9. The minimum atomic E-state index is 0.0908. The van der Waals surface area contributed by atoms with Crippen molar-refractivity contribution in [2.24, 2.45) is 54.1 Å². The molecule has 0 spiro atoms. The summed E-state index contributed by atoms with van der Waals surface area (Å²) in [5, 5.41) is 0. The van der Waals surface area contributed by atoms with Gasteiger partial charge in [-0.05, 0) is 54.1 Å². The largest absolute Gasteiger partial charge is 0.0596 e. The molecule has 0 aromatic heterocycles. The third-order valence-corrected chi connectivity index (χ3v) is 12.5. The summed E-state index contributed by atoms with van der Waals surface area (Å²) in [4.78, 5) is 0. The molecule has 0 bridgehead atoms. The lowest BCUT2D eigenvalue weighted by molar-refractivity contribution is -0.205. The van der Waals surface area contributed by atoms with Crippen molar-refractivity contribution in [1.82, 2.24) is 0 Å². The normalized spacial score (nSPS) is 42.0. The molecular formula is C30H60. The molecule has 0 aliphatic heterocycles. The van der Waals surface area contributed by atoms with Crippen molar-refractivity contribution in [2.45, 2.75) is 138 Å². The zero-order chi connectivity index (χ0) is 25.0. The van der Waals surface area contributed by atoms with Crippen molar-refractivity contribution < 1.29 is 0 Å². The molecule has 0 aromatic carbocycles. The molecule has 1 aliphatic rings. The minimum absolute atomic E-state index is 0.0908. The first-order valence-electron chi connectivity index (χ1n) is 12.5. The molecule has 0 atom stereocenters. The third-order valence-electron chi connectivity index (χ3n) is 12.5. The smallest absolute Gasteiger partial charge is 0.0148 e. The number of hydrogen-bond donors (Lipinski definition) is 0. The van der Waals surface area contributed by atoms with Crippen LogP contribution in [0.4, 0.5) is 0 Å². The Balaban J connectivity index is 4.72. The lowest BCUT2D eigenvalue weighted by Gasteiger charge is -2.68. The Morgan fingerprint density at radius 1 is 0.233 bits per heavy atom. The first kappa shape index (κ1) is 28.0. The first-order valence-corrected chi connectivity index (χ1v) is 12.5. The standard InChI is InChI=1S/C30H60/c1-21(2,3)26(16)27(17,22(4,5)6)29(19,24(10,11)12)30(20,25(13,14)15)28(26,18)23(7,8)9/h1-20H3. The zero-order valence-corrected chi connectivity index (χ0v) is 25.0. The molecule has 0 nitrogen and oxygen atoms in total. The van der Waals surface area contributed by atoms with Gasteiger partial charge < -0.3 is 0 Å². The van der Waals surface area contributed by atoms with Crippen LogP contribution < -0.4 is 0 Å². The fourth-order valence-electron chi connectivity index (χ4n) is 10.0. The second kappa shape index (κ2) is 6.32. The molecule has 1 aliphatic carbocycles. The zero-order valence-electron chi connectivity index (χ0n) is 25.0. The van der Waals surface area contributed by atoms with E-state index < -0.39 is 0 Å². The Hall–Kier alpha value is 0. The van der Waals surface area contributed by atoms with E-state index in [0.717, 1.165) is 0 Å². The van der Waals surface area contributed by atoms with Gasteiger partial charge >= 0.3 is 0 Å². The Bertz CT molecular complexity index is 502. The van der Waals surface area contributed by atoms with Crippen LogP contribution in [0.1, 0.15) is 138 Å². The average molecular weight is 421 g/mol. The third kappa shape index (κ3) is 2.52. The van der Waals surface area contributed by atoms with Gasteiger partial charge in [-0.1, -0.05) is 138 Å². The lowest BCUT2D eigenvalue weighted by Crippen LogP contribution is -2.63. The van der Waals surface area contributed by atoms with E-state index in [9.17, 15) is 0 Å². The van der Waals surface area contributed by atoms with Gasteiger partial charge in [0, 0.05) is 0 Å². The summed E-state index contributed by atoms with van der Waals surface area (Å²) in [5.74, 6) is 0. The van der Waals surface area contributed by atoms with Crippen LogP contribution in [-0.2, 0) is 0 Å². The Kier molecular flexibility index (Phi) is 5.90. The summed E-state index contributed by atoms with van der Waals surface area (Å²) in [6.07, 6.45) is 0. The Morgan fingerprint density at radius 3 is 0.333 bits per heavy atom. The molecule has 0 N–H and O–H groups in total. The van der Waals surface area contributed by atoms with Crippen LogP contribution in [0.25, 0.3) is 0 Å². The van der Waals surface area contributed by atoms with Crippen molar-refractivity contribution >= 4 is 0 Å². The average Bonchev–Trinajstić information content (AvgIpc) is 2.54. The molecule has 1 rings (SSSR count). The van der Waals surface area contributed by atoms with Gasteiger partial charge in [-0.3, -0.25) is 0 Å². The quantitative estimate of drug-likeness (QED) is 0.365. The molecular weight excluding hydrogens is 360 g/mol. The first-order chi connectivity index (χ1) is 12.5. The van der Waals surface area contributed by atoms with Crippen molar-refractivity contribution in [3.05, 3.63) is 0 Å². The summed E-state index contributed by atoms with van der Waals surface area (Å²) in [7, 11) is 0. The highest BCUT2D eigenvalue weighted by Crippen LogP contribution is 2.93. The molecule has 0 amide bonds. The summed E-state index contributed by atoms with van der Waals surface area (Å²) < 4.78 is 0. The highest BCUT2D eigenvalue weighted by molar-refractivity contribution is 5.35. The molecule has 0 heteroatoms. The van der Waals surface area contributed by atoms with Crippen LogP contribution in [0.15, 0.2) is 0 Å². The van der Waals surface area contributed by atoms with Gasteiger partial charge in [0.1, 0.15) is 0 Å². The molecule has 30 heavy (non-hydrogen) atoms. The highest BCUT2D eigenvalue weighted by atomic mass is 14.9. The molecule has 0 saturated heterocycles. The maximum Gasteiger partial charge on any atom is -0.0148 e. The molecule has 1 fully saturated rings. The fraction of sp³-hybridized carbons (Fsp3) is 1.00. The summed E-state index contributed by atoms with van der Waals surface area (Å²) in [5.41, 5.74) is 1.18. The fourth-order valence-corrected chi connectivity index (χ4v) is 10.0. The maximum atomic E-state index is 2.68. The number of hydrogen-bond acceptors (Lipinski definition) is 0. The molecule has 0 aromatic rings. The molecule has 0 heterocycles. The van der Waals surface area contributed by atoms with Gasteiger partial charge in [0.05, 0.1) is 0 Å². The van der Waals surface area contributed by atoms with E-state index in [2.05, 4.69) is 138 Å². The van der Waals surface area contributed by atoms with Crippen LogP contribution in [0.5, 0.6) is 0 Å². The van der Waals surface area contributed by atoms with Gasteiger partial charge in [0.2, 0.25) is 0 Å². The van der Waals surface area contributed by atoms with Gasteiger partial charge in [-0.25, -0.2) is 0 Å². The van der Waals surface area contributed by atoms with Gasteiger partial charge in [-0.2, -0.15) is 0 Å². The summed E-state index contributed by atoms with van der Waals surface area (Å²) in [6, 6.07) is 0. The van der Waals surface area contributed by atoms with Crippen LogP contribution >= 0.6 is 0 Å². The molecule has 1 saturated carbocycles. The van der Waals surface area contributed by atoms with Crippen LogP contribution in [0, 0.1) is 54.1 Å². The second-order valence-corrected chi connectivity index (χ2v) is 16.9. The Labute approximate surface area is 192 Å². The van der Waals surface area contributed by atoms with Crippen molar-refractivity contribution in [3.63, 3.8) is 0 Å². The van der Waals surface area contributed by atoms with Crippen molar-refractivity contribution in [1.29, 1.82) is 0 Å². The van der Waals surface area contributed by atoms with Gasteiger partial charge in [-0.15, -0.1) is 0 Å². The van der Waals surface area contributed by atoms with Gasteiger partial charge in [0.25, 0.3) is 0 Å². The van der Waals surface area contributed by atoms with Crippen LogP contribution in [0.2, 0.25) is 0 Å². The SMILES string of the molecule is CC(C)(C)C1(C)C(C)(C(C)(C)C)C(C)(C(C)(C)C)C(C)(C(C)(C)C)C1(C)C(C)(C)C. The van der Waals surface area contributed by atoms with E-state index in [4.69, 9.17) is 0 Å². The minimum Gasteiger partial charge on any atom is -0.0596 e. The van der Waals surface area contributed by atoms with Gasteiger partial charge in [0.15, 0.2) is 0 Å². The predicted octanol–water partition coefficient (Wildman–Crippen LogP) is 10.3. The van der Waals surface area contributed by atoms with Crippen LogP contribution in [0.3, 0.4) is 0 Å². The van der Waals surface area contributed by atoms with E-state index >= 15 is 0 Å². The highest BCUT2D eigenvalue weighted by Gasteiger charge is 2.88. The van der Waals surface area contributed by atoms with E-state index in [1.807, 2.05) is 0 Å². The maximum absolute atomic E-state index is 2.68. The molecule has 0 unspecified atom stereocenters. The van der Waals surface area contributed by atoms with E-state index in [-0.39, 0.29) is 54.1 Å². The van der Waals surface area contributed by atoms with Crippen molar-refractivity contribution in [3.8, 4) is 0 Å². The molecule has 180 valence electrons. The topological polar surface area (TPSA) is 0 Å². The lowest BCUT2D eigenvalue weighted by atomic mass is 9.36. The molecule has 0 radical (unpaired) electrons. The van der Waals surface area contributed by atoms with E-state index in [1.165, 1.54) is 0 Å².